The quantitative estimate of drug-likeness (QED) is 0.630. The third-order valence-electron chi connectivity index (χ3n) is 3.70. The van der Waals surface area contributed by atoms with Crippen molar-refractivity contribution in [3.63, 3.8) is 0 Å². The molecular weight excluding hydrogens is 328 g/mol. The topological polar surface area (TPSA) is 68.6 Å². The van der Waals surface area contributed by atoms with Crippen molar-refractivity contribution < 1.29 is 19.1 Å². The van der Waals surface area contributed by atoms with Crippen LogP contribution >= 0.6 is 11.8 Å². The summed E-state index contributed by atoms with van der Waals surface area (Å²) in [5, 5.41) is 0.617. The molecule has 1 aromatic carbocycles. The van der Waals surface area contributed by atoms with Gasteiger partial charge in [-0.05, 0) is 30.8 Å². The number of benzene rings is 1. The molecule has 0 spiro atoms. The monoisotopic (exact) mass is 344 g/mol. The van der Waals surface area contributed by atoms with E-state index in [0.717, 1.165) is 33.1 Å². The van der Waals surface area contributed by atoms with Crippen LogP contribution in [-0.4, -0.2) is 40.2 Å². The number of para-hydroxylation sites is 1. The maximum absolute atomic E-state index is 12.1. The zero-order chi connectivity index (χ0) is 17.3. The lowest BCUT2D eigenvalue weighted by Gasteiger charge is -2.04. The van der Waals surface area contributed by atoms with Gasteiger partial charge in [-0.2, -0.15) is 0 Å². The molecule has 24 heavy (non-hydrogen) atoms. The molecule has 2 heterocycles. The Kier molecular flexibility index (Phi) is 4.44. The second-order valence-corrected chi connectivity index (χ2v) is 6.27. The number of aromatic nitrogens is 1. The highest BCUT2D eigenvalue weighted by molar-refractivity contribution is 8.18. The Hall–Kier alpha value is -2.54. The van der Waals surface area contributed by atoms with E-state index in [1.54, 1.807) is 23.8 Å². The van der Waals surface area contributed by atoms with E-state index in [9.17, 15) is 14.4 Å². The summed E-state index contributed by atoms with van der Waals surface area (Å²) < 4.78 is 6.78. The van der Waals surface area contributed by atoms with Crippen LogP contribution in [0.4, 0.5) is 4.79 Å². The molecule has 0 saturated carbocycles. The largest absolute Gasteiger partial charge is 0.465 e. The second kappa shape index (κ2) is 6.52. The first-order valence-electron chi connectivity index (χ1n) is 7.46. The Morgan fingerprint density at radius 3 is 2.71 bits per heavy atom. The van der Waals surface area contributed by atoms with E-state index < -0.39 is 0 Å². The summed E-state index contributed by atoms with van der Waals surface area (Å²) in [6, 6.07) is 7.59. The molecule has 1 aliphatic heterocycles. The van der Waals surface area contributed by atoms with Crippen LogP contribution in [0.3, 0.4) is 0 Å². The molecule has 2 amide bonds. The van der Waals surface area contributed by atoms with Crippen molar-refractivity contribution in [2.24, 2.45) is 0 Å². The number of hydrogen-bond donors (Lipinski definition) is 0. The molecule has 1 fully saturated rings. The second-order valence-electron chi connectivity index (χ2n) is 5.28. The maximum atomic E-state index is 12.1. The SMILES string of the molecule is CCOC(=O)Cn1cc(/C=C2/SC(=O)N(C)C2=O)c2ccccc21. The Morgan fingerprint density at radius 1 is 1.29 bits per heavy atom. The summed E-state index contributed by atoms with van der Waals surface area (Å²) in [6.45, 7) is 2.18. The zero-order valence-electron chi connectivity index (χ0n) is 13.3. The third-order valence-corrected chi connectivity index (χ3v) is 4.66. The molecule has 7 heteroatoms. The van der Waals surface area contributed by atoms with Gasteiger partial charge in [0, 0.05) is 29.7 Å². The van der Waals surface area contributed by atoms with E-state index in [2.05, 4.69) is 0 Å². The molecule has 0 unspecified atom stereocenters. The van der Waals surface area contributed by atoms with Gasteiger partial charge in [0.1, 0.15) is 6.54 Å². The van der Waals surface area contributed by atoms with Gasteiger partial charge >= 0.3 is 5.97 Å². The van der Waals surface area contributed by atoms with Crippen LogP contribution in [0.1, 0.15) is 12.5 Å². The van der Waals surface area contributed by atoms with Crippen LogP contribution < -0.4 is 0 Å². The number of amides is 2. The van der Waals surface area contributed by atoms with Crippen LogP contribution in [0.25, 0.3) is 17.0 Å². The number of nitrogens with zero attached hydrogens (tertiary/aromatic N) is 2. The van der Waals surface area contributed by atoms with Gasteiger partial charge < -0.3 is 9.30 Å². The number of thioether (sulfide) groups is 1. The number of likely N-dealkylation sites (N-methyl/N-ethyl adjacent to an activating group) is 1. The summed E-state index contributed by atoms with van der Waals surface area (Å²) in [7, 11) is 1.46. The van der Waals surface area contributed by atoms with Crippen molar-refractivity contribution in [3.8, 4) is 0 Å². The number of carbonyl (C=O) groups is 3. The fourth-order valence-corrected chi connectivity index (χ4v) is 3.37. The van der Waals surface area contributed by atoms with Gasteiger partial charge in [-0.1, -0.05) is 18.2 Å². The Morgan fingerprint density at radius 2 is 2.04 bits per heavy atom. The van der Waals surface area contributed by atoms with Gasteiger partial charge in [0.2, 0.25) is 0 Å². The first kappa shape index (κ1) is 16.3. The number of carbonyl (C=O) groups excluding carboxylic acids is 3. The average molecular weight is 344 g/mol. The van der Waals surface area contributed by atoms with Gasteiger partial charge in [-0.3, -0.25) is 19.3 Å². The molecule has 1 saturated heterocycles. The fourth-order valence-electron chi connectivity index (χ4n) is 2.55. The molecule has 124 valence electrons. The molecule has 0 N–H and O–H groups in total. The summed E-state index contributed by atoms with van der Waals surface area (Å²) >= 11 is 0.914. The van der Waals surface area contributed by atoms with E-state index in [-0.39, 0.29) is 23.7 Å². The predicted molar refractivity (Wildman–Crippen MR) is 92.3 cm³/mol. The van der Waals surface area contributed by atoms with Gasteiger partial charge in [0.25, 0.3) is 11.1 Å². The van der Waals surface area contributed by atoms with Gasteiger partial charge in [-0.25, -0.2) is 0 Å². The van der Waals surface area contributed by atoms with E-state index in [1.165, 1.54) is 7.05 Å². The zero-order valence-corrected chi connectivity index (χ0v) is 14.1. The van der Waals surface area contributed by atoms with Crippen LogP contribution in [-0.2, 0) is 20.9 Å². The Bertz CT molecular complexity index is 869. The highest BCUT2D eigenvalue weighted by Crippen LogP contribution is 2.33. The summed E-state index contributed by atoms with van der Waals surface area (Å²) in [6.07, 6.45) is 3.49. The lowest BCUT2D eigenvalue weighted by molar-refractivity contribution is -0.143. The van der Waals surface area contributed by atoms with Crippen molar-refractivity contribution >= 4 is 45.9 Å². The van der Waals surface area contributed by atoms with Gasteiger partial charge in [0.15, 0.2) is 0 Å². The standard InChI is InChI=1S/C17H16N2O4S/c1-3-23-15(20)10-19-9-11(12-6-4-5-7-13(12)19)8-14-16(21)18(2)17(22)24-14/h4-9H,3,10H2,1-2H3/b14-8+. The smallest absolute Gasteiger partial charge is 0.325 e. The van der Waals surface area contributed by atoms with Crippen molar-refractivity contribution in [1.82, 2.24) is 9.47 Å². The number of ether oxygens (including phenoxy) is 1. The molecule has 1 aromatic heterocycles. The highest BCUT2D eigenvalue weighted by Gasteiger charge is 2.32. The van der Waals surface area contributed by atoms with Gasteiger partial charge in [0.05, 0.1) is 11.5 Å². The molecule has 2 aromatic rings. The molecule has 0 atom stereocenters. The van der Waals surface area contributed by atoms with Crippen molar-refractivity contribution in [2.75, 3.05) is 13.7 Å². The molecule has 1 aliphatic rings. The normalized spacial score (nSPS) is 16.4. The first-order chi connectivity index (χ1) is 11.5. The van der Waals surface area contributed by atoms with E-state index >= 15 is 0 Å². The molecular formula is C17H16N2O4S. The fraction of sp³-hybridized carbons (Fsp3) is 0.235. The lowest BCUT2D eigenvalue weighted by Crippen LogP contribution is -2.22. The number of rotatable bonds is 4. The van der Waals surface area contributed by atoms with E-state index in [0.29, 0.717) is 11.5 Å². The molecule has 6 nitrogen and oxygen atoms in total. The number of hydrogen-bond acceptors (Lipinski definition) is 5. The van der Waals surface area contributed by atoms with Crippen LogP contribution in [0.2, 0.25) is 0 Å². The maximum Gasteiger partial charge on any atom is 0.325 e. The van der Waals surface area contributed by atoms with Crippen molar-refractivity contribution in [2.45, 2.75) is 13.5 Å². The number of fused-ring (bicyclic) bond motifs is 1. The van der Waals surface area contributed by atoms with Gasteiger partial charge in [-0.15, -0.1) is 0 Å². The highest BCUT2D eigenvalue weighted by atomic mass is 32.2. The minimum absolute atomic E-state index is 0.0947. The Balaban J connectivity index is 2.02. The van der Waals surface area contributed by atoms with Crippen molar-refractivity contribution in [1.29, 1.82) is 0 Å². The molecule has 0 bridgehead atoms. The lowest BCUT2D eigenvalue weighted by atomic mass is 10.1. The summed E-state index contributed by atoms with van der Waals surface area (Å²) in [4.78, 5) is 36.9. The predicted octanol–water partition coefficient (Wildman–Crippen LogP) is 2.87. The molecule has 0 aliphatic carbocycles. The molecule has 0 radical (unpaired) electrons. The number of esters is 1. The number of imide groups is 1. The van der Waals surface area contributed by atoms with Crippen LogP contribution in [0.5, 0.6) is 0 Å². The minimum Gasteiger partial charge on any atom is -0.465 e. The summed E-state index contributed by atoms with van der Waals surface area (Å²) in [5.41, 5.74) is 1.65. The minimum atomic E-state index is -0.321. The van der Waals surface area contributed by atoms with Crippen LogP contribution in [0, 0.1) is 0 Å². The average Bonchev–Trinajstić information content (AvgIpc) is 3.02. The van der Waals surface area contributed by atoms with E-state index in [1.807, 2.05) is 24.3 Å². The van der Waals surface area contributed by atoms with E-state index in [4.69, 9.17) is 4.74 Å². The van der Waals surface area contributed by atoms with Crippen molar-refractivity contribution in [3.05, 3.63) is 40.9 Å². The third kappa shape index (κ3) is 2.94. The summed E-state index contributed by atoms with van der Waals surface area (Å²) in [5.74, 6) is -0.633. The Labute approximate surface area is 143 Å². The van der Waals surface area contributed by atoms with Crippen LogP contribution in [0.15, 0.2) is 35.4 Å². The first-order valence-corrected chi connectivity index (χ1v) is 8.28. The molecule has 3 rings (SSSR count).